The molecule has 0 radical (unpaired) electrons. The monoisotopic (exact) mass is 236 g/mol. The van der Waals surface area contributed by atoms with E-state index in [9.17, 15) is 0 Å². The van der Waals surface area contributed by atoms with Crippen LogP contribution in [-0.4, -0.2) is 40.9 Å². The molecule has 0 saturated carbocycles. The third-order valence-corrected chi connectivity index (χ3v) is 3.78. The van der Waals surface area contributed by atoms with E-state index in [1.807, 2.05) is 11.7 Å². The highest BCUT2D eigenvalue weighted by molar-refractivity contribution is 5.24. The molecule has 0 spiro atoms. The lowest BCUT2D eigenvalue weighted by Crippen LogP contribution is -2.35. The molecule has 2 heterocycles. The molecule has 96 valence electrons. The van der Waals surface area contributed by atoms with Crippen LogP contribution in [-0.2, 0) is 13.6 Å². The average Bonchev–Trinajstić information content (AvgIpc) is 2.83. The Labute approximate surface area is 104 Å². The third kappa shape index (κ3) is 2.87. The maximum absolute atomic E-state index is 4.47. The van der Waals surface area contributed by atoms with Crippen molar-refractivity contribution in [3.8, 4) is 0 Å². The van der Waals surface area contributed by atoms with E-state index < -0.39 is 0 Å². The highest BCUT2D eigenvalue weighted by Gasteiger charge is 2.17. The van der Waals surface area contributed by atoms with Gasteiger partial charge in [-0.2, -0.15) is 5.10 Å². The van der Waals surface area contributed by atoms with Crippen molar-refractivity contribution >= 4 is 0 Å². The van der Waals surface area contributed by atoms with E-state index in [1.54, 1.807) is 0 Å². The van der Waals surface area contributed by atoms with E-state index >= 15 is 0 Å². The first-order chi connectivity index (χ1) is 8.08. The standard InChI is InChI=1S/C13H24N4/c1-10-13(11(2)17(4)15-10)9-16(3)8-12-6-5-7-14-12/h12,14H,5-9H2,1-4H3/t12-/m0/s1. The van der Waals surface area contributed by atoms with E-state index in [1.165, 1.54) is 30.6 Å². The Bertz CT molecular complexity index is 377. The molecule has 1 saturated heterocycles. The molecule has 1 fully saturated rings. The van der Waals surface area contributed by atoms with Crippen molar-refractivity contribution in [2.45, 2.75) is 39.3 Å². The van der Waals surface area contributed by atoms with Crippen LogP contribution >= 0.6 is 0 Å². The molecule has 1 N–H and O–H groups in total. The molecule has 1 aromatic heterocycles. The minimum atomic E-state index is 0.678. The van der Waals surface area contributed by atoms with Gasteiger partial charge in [0.05, 0.1) is 5.69 Å². The van der Waals surface area contributed by atoms with Crippen molar-refractivity contribution in [1.82, 2.24) is 20.0 Å². The molecule has 0 unspecified atom stereocenters. The van der Waals surface area contributed by atoms with Gasteiger partial charge in [0, 0.05) is 37.4 Å². The van der Waals surface area contributed by atoms with E-state index in [0.29, 0.717) is 6.04 Å². The first kappa shape index (κ1) is 12.6. The van der Waals surface area contributed by atoms with Crippen LogP contribution in [0.25, 0.3) is 0 Å². The molecule has 0 amide bonds. The van der Waals surface area contributed by atoms with Crippen LogP contribution in [0.3, 0.4) is 0 Å². The zero-order valence-corrected chi connectivity index (χ0v) is 11.5. The van der Waals surface area contributed by atoms with Crippen LogP contribution in [0.4, 0.5) is 0 Å². The molecule has 17 heavy (non-hydrogen) atoms. The SMILES string of the molecule is Cc1nn(C)c(C)c1CN(C)C[C@@H]1CCCN1. The number of nitrogens with zero attached hydrogens (tertiary/aromatic N) is 3. The van der Waals surface area contributed by atoms with Crippen LogP contribution in [0.15, 0.2) is 0 Å². The Kier molecular flexibility index (Phi) is 3.84. The Hall–Kier alpha value is -0.870. The first-order valence-electron chi connectivity index (χ1n) is 6.49. The smallest absolute Gasteiger partial charge is 0.0641 e. The van der Waals surface area contributed by atoms with E-state index in [2.05, 4.69) is 36.2 Å². The van der Waals surface area contributed by atoms with Crippen LogP contribution in [0, 0.1) is 13.8 Å². The van der Waals surface area contributed by atoms with Crippen LogP contribution < -0.4 is 5.32 Å². The van der Waals surface area contributed by atoms with Crippen LogP contribution in [0.1, 0.15) is 29.8 Å². The molecular weight excluding hydrogens is 212 g/mol. The predicted octanol–water partition coefficient (Wildman–Crippen LogP) is 1.22. The van der Waals surface area contributed by atoms with Crippen molar-refractivity contribution in [2.75, 3.05) is 20.1 Å². The predicted molar refractivity (Wildman–Crippen MR) is 70.0 cm³/mol. The summed E-state index contributed by atoms with van der Waals surface area (Å²) in [7, 11) is 4.22. The lowest BCUT2D eigenvalue weighted by Gasteiger charge is -2.21. The molecule has 0 bridgehead atoms. The summed E-state index contributed by atoms with van der Waals surface area (Å²) in [6.07, 6.45) is 2.64. The number of hydrogen-bond donors (Lipinski definition) is 1. The Morgan fingerprint density at radius 2 is 2.24 bits per heavy atom. The van der Waals surface area contributed by atoms with Gasteiger partial charge in [0.15, 0.2) is 0 Å². The maximum atomic E-state index is 4.47. The van der Waals surface area contributed by atoms with Crippen molar-refractivity contribution in [2.24, 2.45) is 7.05 Å². The van der Waals surface area contributed by atoms with E-state index in [0.717, 1.165) is 18.8 Å². The van der Waals surface area contributed by atoms with Crippen molar-refractivity contribution in [3.05, 3.63) is 17.0 Å². The summed E-state index contributed by atoms with van der Waals surface area (Å²) in [5.41, 5.74) is 3.83. The number of rotatable bonds is 4. The van der Waals surface area contributed by atoms with Gasteiger partial charge in [-0.05, 0) is 40.3 Å². The Balaban J connectivity index is 1.95. The molecular formula is C13H24N4. The van der Waals surface area contributed by atoms with Gasteiger partial charge in [-0.3, -0.25) is 4.68 Å². The van der Waals surface area contributed by atoms with E-state index in [-0.39, 0.29) is 0 Å². The topological polar surface area (TPSA) is 33.1 Å². The summed E-state index contributed by atoms with van der Waals surface area (Å²) in [6.45, 7) is 7.57. The largest absolute Gasteiger partial charge is 0.313 e. The van der Waals surface area contributed by atoms with Gasteiger partial charge in [0.2, 0.25) is 0 Å². The summed E-state index contributed by atoms with van der Waals surface area (Å²) in [5, 5.41) is 8.02. The second-order valence-electron chi connectivity index (χ2n) is 5.26. The summed E-state index contributed by atoms with van der Waals surface area (Å²) in [5.74, 6) is 0. The van der Waals surface area contributed by atoms with Gasteiger partial charge in [-0.15, -0.1) is 0 Å². The molecule has 0 aromatic carbocycles. The number of hydrogen-bond acceptors (Lipinski definition) is 3. The molecule has 1 atom stereocenters. The number of aromatic nitrogens is 2. The van der Waals surface area contributed by atoms with Crippen molar-refractivity contribution < 1.29 is 0 Å². The second-order valence-corrected chi connectivity index (χ2v) is 5.26. The molecule has 1 aliphatic heterocycles. The molecule has 4 nitrogen and oxygen atoms in total. The normalized spacial score (nSPS) is 20.4. The van der Waals surface area contributed by atoms with Gasteiger partial charge >= 0.3 is 0 Å². The minimum absolute atomic E-state index is 0.678. The molecule has 0 aliphatic carbocycles. The zero-order valence-electron chi connectivity index (χ0n) is 11.5. The fourth-order valence-corrected chi connectivity index (χ4v) is 2.67. The van der Waals surface area contributed by atoms with Crippen molar-refractivity contribution in [3.63, 3.8) is 0 Å². The number of nitrogens with one attached hydrogen (secondary N) is 1. The van der Waals surface area contributed by atoms with Gasteiger partial charge in [0.25, 0.3) is 0 Å². The highest BCUT2D eigenvalue weighted by Crippen LogP contribution is 2.15. The summed E-state index contributed by atoms with van der Waals surface area (Å²) < 4.78 is 1.98. The van der Waals surface area contributed by atoms with Crippen LogP contribution in [0.2, 0.25) is 0 Å². The summed E-state index contributed by atoms with van der Waals surface area (Å²) in [4.78, 5) is 2.40. The Morgan fingerprint density at radius 3 is 2.76 bits per heavy atom. The van der Waals surface area contributed by atoms with Gasteiger partial charge in [-0.1, -0.05) is 0 Å². The van der Waals surface area contributed by atoms with Gasteiger partial charge in [0.1, 0.15) is 0 Å². The number of aryl methyl sites for hydroxylation is 2. The maximum Gasteiger partial charge on any atom is 0.0641 e. The zero-order chi connectivity index (χ0) is 12.4. The van der Waals surface area contributed by atoms with E-state index in [4.69, 9.17) is 0 Å². The Morgan fingerprint density at radius 1 is 1.47 bits per heavy atom. The third-order valence-electron chi connectivity index (χ3n) is 3.78. The summed E-state index contributed by atoms with van der Waals surface area (Å²) >= 11 is 0. The quantitative estimate of drug-likeness (QED) is 0.853. The first-order valence-corrected chi connectivity index (χ1v) is 6.49. The summed E-state index contributed by atoms with van der Waals surface area (Å²) in [6, 6.07) is 0.678. The second kappa shape index (κ2) is 5.19. The molecule has 1 aromatic rings. The average molecular weight is 236 g/mol. The van der Waals surface area contributed by atoms with Crippen molar-refractivity contribution in [1.29, 1.82) is 0 Å². The fourth-order valence-electron chi connectivity index (χ4n) is 2.67. The van der Waals surface area contributed by atoms with Gasteiger partial charge < -0.3 is 10.2 Å². The minimum Gasteiger partial charge on any atom is -0.313 e. The lowest BCUT2D eigenvalue weighted by molar-refractivity contribution is 0.292. The number of likely N-dealkylation sites (N-methyl/N-ethyl adjacent to an activating group) is 1. The molecule has 2 rings (SSSR count). The van der Waals surface area contributed by atoms with Gasteiger partial charge in [-0.25, -0.2) is 0 Å². The van der Waals surface area contributed by atoms with Crippen LogP contribution in [0.5, 0.6) is 0 Å². The molecule has 4 heteroatoms. The fraction of sp³-hybridized carbons (Fsp3) is 0.769. The highest BCUT2D eigenvalue weighted by atomic mass is 15.3. The lowest BCUT2D eigenvalue weighted by atomic mass is 10.1. The molecule has 1 aliphatic rings.